The summed E-state index contributed by atoms with van der Waals surface area (Å²) in [6, 6.07) is 6.37. The molecular weight excluding hydrogens is 654 g/mol. The first-order valence-corrected chi connectivity index (χ1v) is 17.4. The number of benzene rings is 1. The molecule has 50 heavy (non-hydrogen) atoms. The Bertz CT molecular complexity index is 1160. The molecule has 1 amide bonds. The van der Waals surface area contributed by atoms with Gasteiger partial charge in [-0.3, -0.25) is 24.0 Å². The highest BCUT2D eigenvalue weighted by atomic mass is 16.5. The highest BCUT2D eigenvalue weighted by Crippen LogP contribution is 2.17. The van der Waals surface area contributed by atoms with Gasteiger partial charge in [-0.15, -0.1) is 0 Å². The normalized spacial score (nSPS) is 11.5. The number of hydrogen-bond acceptors (Lipinski definition) is 11. The van der Waals surface area contributed by atoms with Crippen molar-refractivity contribution in [3.63, 3.8) is 0 Å². The van der Waals surface area contributed by atoms with Gasteiger partial charge in [0.15, 0.2) is 11.6 Å². The van der Waals surface area contributed by atoms with Crippen LogP contribution in [-0.4, -0.2) is 111 Å². The fourth-order valence-electron chi connectivity index (χ4n) is 4.67. The topological polar surface area (TPSA) is 201 Å². The summed E-state index contributed by atoms with van der Waals surface area (Å²) in [6.45, 7) is 4.03. The average Bonchev–Trinajstić information content (AvgIpc) is 3.08. The number of ether oxygens (including phenoxy) is 5. The zero-order valence-electron chi connectivity index (χ0n) is 29.3. The van der Waals surface area contributed by atoms with E-state index in [9.17, 15) is 33.9 Å². The van der Waals surface area contributed by atoms with Crippen LogP contribution >= 0.6 is 0 Å². The van der Waals surface area contributed by atoms with Crippen LogP contribution in [0.1, 0.15) is 94.3 Å². The van der Waals surface area contributed by atoms with Crippen molar-refractivity contribution in [2.45, 2.75) is 84.0 Å². The molecule has 14 nitrogen and oxygen atoms in total. The van der Waals surface area contributed by atoms with Crippen LogP contribution in [0.5, 0.6) is 5.75 Å². The van der Waals surface area contributed by atoms with Crippen molar-refractivity contribution in [2.24, 2.45) is 5.92 Å². The Labute approximate surface area is 294 Å². The molecular formula is C36H55NO13. The Kier molecular flexibility index (Phi) is 25.7. The number of nitrogens with one attached hydrogen (secondary N) is 1. The molecule has 1 aromatic carbocycles. The summed E-state index contributed by atoms with van der Waals surface area (Å²) in [5, 5.41) is 21.2. The lowest BCUT2D eigenvalue weighted by molar-refractivity contribution is -0.144. The number of aliphatic carboxylic acids is 1. The molecule has 1 rings (SSSR count). The molecule has 0 aliphatic rings. The fraction of sp³-hybridized carbons (Fsp3) is 0.667. The Morgan fingerprint density at radius 1 is 0.680 bits per heavy atom. The van der Waals surface area contributed by atoms with Crippen LogP contribution in [0.15, 0.2) is 24.3 Å². The first-order valence-electron chi connectivity index (χ1n) is 17.4. The minimum absolute atomic E-state index is 0.0111. The van der Waals surface area contributed by atoms with Crippen molar-refractivity contribution in [2.75, 3.05) is 66.0 Å². The quantitative estimate of drug-likeness (QED) is 0.0866. The second-order valence-corrected chi connectivity index (χ2v) is 11.9. The Morgan fingerprint density at radius 2 is 1.32 bits per heavy atom. The number of hydrogen-bond donors (Lipinski definition) is 3. The zero-order valence-corrected chi connectivity index (χ0v) is 29.3. The van der Waals surface area contributed by atoms with Crippen molar-refractivity contribution in [1.82, 2.24) is 5.32 Å². The second kappa shape index (κ2) is 29.1. The van der Waals surface area contributed by atoms with Gasteiger partial charge in [0, 0.05) is 38.8 Å². The van der Waals surface area contributed by atoms with Gasteiger partial charge in [0.2, 0.25) is 5.91 Å². The van der Waals surface area contributed by atoms with Crippen molar-refractivity contribution < 1.29 is 62.7 Å². The SMILES string of the molecule is CC(=O)COCCOCCCC(=O)COCCOCCNC(=O)CC[C@H](CC(=O)CCCCCCCCOc1cccc(C(=O)O)c1)C(=O)O. The lowest BCUT2D eigenvalue weighted by atomic mass is 9.94. The van der Waals surface area contributed by atoms with Crippen molar-refractivity contribution in [3.05, 3.63) is 29.8 Å². The zero-order chi connectivity index (χ0) is 36.8. The summed E-state index contributed by atoms with van der Waals surface area (Å²) in [5.41, 5.74) is 0.184. The standard InChI is InChI=1S/C36H55NO13/c1-28(38)26-48-22-20-46-17-9-12-32(40)27-49-23-21-47-19-16-37-34(41)15-14-30(36(44)45)24-31(39)11-6-4-2-3-5-7-18-50-33-13-8-10-29(25-33)35(42)43/h8,10,13,25,30H,2-7,9,11-12,14-24,26-27H2,1H3,(H,37,41)(H,42,43)(H,44,45)/t30-/m1/s1. The molecule has 0 spiro atoms. The number of rotatable bonds is 34. The Morgan fingerprint density at radius 3 is 2.02 bits per heavy atom. The third kappa shape index (κ3) is 25.3. The molecule has 1 atom stereocenters. The smallest absolute Gasteiger partial charge is 0.335 e. The first-order chi connectivity index (χ1) is 24.1. The van der Waals surface area contributed by atoms with E-state index in [0.29, 0.717) is 57.9 Å². The van der Waals surface area contributed by atoms with E-state index in [4.69, 9.17) is 28.8 Å². The molecule has 282 valence electrons. The summed E-state index contributed by atoms with van der Waals surface area (Å²) in [6.07, 6.45) is 6.40. The molecule has 0 aliphatic carbocycles. The minimum atomic E-state index is -1.09. The van der Waals surface area contributed by atoms with Crippen LogP contribution in [0.25, 0.3) is 0 Å². The fourth-order valence-corrected chi connectivity index (χ4v) is 4.67. The largest absolute Gasteiger partial charge is 0.494 e. The third-order valence-electron chi connectivity index (χ3n) is 7.37. The van der Waals surface area contributed by atoms with Gasteiger partial charge in [0.25, 0.3) is 0 Å². The third-order valence-corrected chi connectivity index (χ3v) is 7.37. The van der Waals surface area contributed by atoms with Gasteiger partial charge in [-0.25, -0.2) is 4.79 Å². The van der Waals surface area contributed by atoms with E-state index in [2.05, 4.69) is 5.32 Å². The number of carbonyl (C=O) groups is 6. The lowest BCUT2D eigenvalue weighted by Gasteiger charge is -2.12. The maximum atomic E-state index is 12.4. The molecule has 1 aromatic rings. The Hall–Kier alpha value is -3.72. The number of aromatic carboxylic acids is 1. The number of carboxylic acids is 2. The van der Waals surface area contributed by atoms with Crippen molar-refractivity contribution in [1.29, 1.82) is 0 Å². The predicted molar refractivity (Wildman–Crippen MR) is 182 cm³/mol. The monoisotopic (exact) mass is 709 g/mol. The molecule has 0 fully saturated rings. The first kappa shape index (κ1) is 44.3. The number of amides is 1. The van der Waals surface area contributed by atoms with Gasteiger partial charge >= 0.3 is 11.9 Å². The van der Waals surface area contributed by atoms with Crippen LogP contribution in [0.3, 0.4) is 0 Å². The number of carboxylic acid groups (broad SMARTS) is 2. The molecule has 14 heteroatoms. The number of unbranched alkanes of at least 4 members (excludes halogenated alkanes) is 5. The average molecular weight is 710 g/mol. The summed E-state index contributed by atoms with van der Waals surface area (Å²) < 4.78 is 26.7. The molecule has 0 radical (unpaired) electrons. The van der Waals surface area contributed by atoms with E-state index < -0.39 is 17.9 Å². The molecule has 0 bridgehead atoms. The number of carbonyl (C=O) groups excluding carboxylic acids is 4. The van der Waals surface area contributed by atoms with Crippen LogP contribution in [0, 0.1) is 5.92 Å². The van der Waals surface area contributed by atoms with E-state index in [1.54, 1.807) is 12.1 Å². The molecule has 3 N–H and O–H groups in total. The number of Topliss-reactive ketones (excluding diaryl/α,β-unsaturated/α-hetero) is 3. The summed E-state index contributed by atoms with van der Waals surface area (Å²) in [5.74, 6) is -3.00. The van der Waals surface area contributed by atoms with Gasteiger partial charge < -0.3 is 39.2 Å². The molecule has 0 aliphatic heterocycles. The van der Waals surface area contributed by atoms with E-state index in [0.717, 1.165) is 32.1 Å². The summed E-state index contributed by atoms with van der Waals surface area (Å²) >= 11 is 0. The molecule has 0 saturated heterocycles. The summed E-state index contributed by atoms with van der Waals surface area (Å²) in [7, 11) is 0. The van der Waals surface area contributed by atoms with Crippen molar-refractivity contribution in [3.8, 4) is 5.75 Å². The minimum Gasteiger partial charge on any atom is -0.494 e. The van der Waals surface area contributed by atoms with E-state index in [1.807, 2.05) is 0 Å². The second-order valence-electron chi connectivity index (χ2n) is 11.9. The van der Waals surface area contributed by atoms with E-state index in [-0.39, 0.29) is 87.7 Å². The van der Waals surface area contributed by atoms with Gasteiger partial charge in [0.1, 0.15) is 24.7 Å². The Balaban J connectivity index is 1.99. The van der Waals surface area contributed by atoms with Crippen LogP contribution in [-0.2, 0) is 42.9 Å². The molecule has 0 aromatic heterocycles. The van der Waals surface area contributed by atoms with E-state index >= 15 is 0 Å². The predicted octanol–water partition coefficient (Wildman–Crippen LogP) is 4.06. The van der Waals surface area contributed by atoms with Crippen LogP contribution in [0.2, 0.25) is 0 Å². The summed E-state index contributed by atoms with van der Waals surface area (Å²) in [4.78, 5) is 69.8. The lowest BCUT2D eigenvalue weighted by Crippen LogP contribution is -2.29. The van der Waals surface area contributed by atoms with Crippen LogP contribution in [0.4, 0.5) is 0 Å². The van der Waals surface area contributed by atoms with Gasteiger partial charge in [-0.05, 0) is 50.8 Å². The highest BCUT2D eigenvalue weighted by molar-refractivity contribution is 5.88. The maximum Gasteiger partial charge on any atom is 0.335 e. The van der Waals surface area contributed by atoms with Gasteiger partial charge in [0.05, 0.1) is 51.1 Å². The molecule has 0 saturated carbocycles. The van der Waals surface area contributed by atoms with Crippen molar-refractivity contribution >= 4 is 35.2 Å². The van der Waals surface area contributed by atoms with E-state index in [1.165, 1.54) is 19.1 Å². The van der Waals surface area contributed by atoms with Gasteiger partial charge in [-0.2, -0.15) is 0 Å². The highest BCUT2D eigenvalue weighted by Gasteiger charge is 2.22. The van der Waals surface area contributed by atoms with Crippen LogP contribution < -0.4 is 10.1 Å². The number of ketones is 3. The molecule has 0 heterocycles. The molecule has 0 unspecified atom stereocenters. The maximum absolute atomic E-state index is 12.4. The van der Waals surface area contributed by atoms with Gasteiger partial charge in [-0.1, -0.05) is 31.7 Å².